The van der Waals surface area contributed by atoms with Crippen molar-refractivity contribution < 1.29 is 18.0 Å². The molecule has 2 aromatic carbocycles. The maximum atomic E-state index is 13.6. The van der Waals surface area contributed by atoms with Gasteiger partial charge in [-0.25, -0.2) is 8.42 Å². The molecule has 0 fully saturated rings. The fourth-order valence-corrected chi connectivity index (χ4v) is 4.69. The van der Waals surface area contributed by atoms with Crippen molar-refractivity contribution >= 4 is 39.1 Å². The summed E-state index contributed by atoms with van der Waals surface area (Å²) in [5.74, 6) is -0.432. The Bertz CT molecular complexity index is 1110. The van der Waals surface area contributed by atoms with Crippen LogP contribution in [0.2, 0.25) is 5.02 Å². The predicted octanol–water partition coefficient (Wildman–Crippen LogP) is 4.04. The van der Waals surface area contributed by atoms with Gasteiger partial charge in [-0.15, -0.1) is 0 Å². The molecule has 0 saturated heterocycles. The van der Waals surface area contributed by atoms with E-state index in [1.807, 2.05) is 58.0 Å². The van der Waals surface area contributed by atoms with Crippen LogP contribution in [-0.2, 0) is 26.0 Å². The number of benzene rings is 2. The lowest BCUT2D eigenvalue weighted by atomic mass is 10.1. The SMILES string of the molecule is CCC(C(=O)NCC(C)C)N(CCc1ccccc1)C(=O)CN(c1ccc(C)c(Cl)c1)S(C)(=O)=O. The topological polar surface area (TPSA) is 86.8 Å². The average Bonchev–Trinajstić information content (AvgIpc) is 2.80. The van der Waals surface area contributed by atoms with Crippen molar-refractivity contribution in [2.45, 2.75) is 46.6 Å². The smallest absolute Gasteiger partial charge is 0.244 e. The lowest BCUT2D eigenvalue weighted by molar-refractivity contribution is -0.139. The van der Waals surface area contributed by atoms with E-state index in [0.717, 1.165) is 21.7 Å². The highest BCUT2D eigenvalue weighted by atomic mass is 35.5. The molecule has 0 bridgehead atoms. The number of nitrogens with one attached hydrogen (secondary N) is 1. The number of halogens is 1. The van der Waals surface area contributed by atoms with E-state index in [4.69, 9.17) is 11.6 Å². The third kappa shape index (κ3) is 8.54. The second kappa shape index (κ2) is 12.9. The van der Waals surface area contributed by atoms with Crippen LogP contribution < -0.4 is 9.62 Å². The molecular weight excluding hydrogens is 486 g/mol. The average molecular weight is 522 g/mol. The number of amides is 2. The summed E-state index contributed by atoms with van der Waals surface area (Å²) in [7, 11) is -3.79. The van der Waals surface area contributed by atoms with Gasteiger partial charge in [0.05, 0.1) is 11.9 Å². The molecule has 192 valence electrons. The van der Waals surface area contributed by atoms with Crippen molar-refractivity contribution in [1.82, 2.24) is 10.2 Å². The predicted molar refractivity (Wildman–Crippen MR) is 142 cm³/mol. The highest BCUT2D eigenvalue weighted by Crippen LogP contribution is 2.25. The van der Waals surface area contributed by atoms with Gasteiger partial charge in [0.25, 0.3) is 0 Å². The largest absolute Gasteiger partial charge is 0.354 e. The van der Waals surface area contributed by atoms with Gasteiger partial charge in [0.15, 0.2) is 0 Å². The fourth-order valence-electron chi connectivity index (χ4n) is 3.67. The Morgan fingerprint density at radius 1 is 1.09 bits per heavy atom. The summed E-state index contributed by atoms with van der Waals surface area (Å²) < 4.78 is 26.3. The van der Waals surface area contributed by atoms with Crippen LogP contribution in [0.15, 0.2) is 48.5 Å². The van der Waals surface area contributed by atoms with E-state index in [0.29, 0.717) is 30.1 Å². The second-order valence-electron chi connectivity index (χ2n) is 9.09. The second-order valence-corrected chi connectivity index (χ2v) is 11.4. The van der Waals surface area contributed by atoms with E-state index in [2.05, 4.69) is 5.32 Å². The van der Waals surface area contributed by atoms with Crippen LogP contribution >= 0.6 is 11.6 Å². The Morgan fingerprint density at radius 3 is 2.29 bits per heavy atom. The molecular formula is C26H36ClN3O4S. The summed E-state index contributed by atoms with van der Waals surface area (Å²) in [5.41, 5.74) is 2.12. The van der Waals surface area contributed by atoms with E-state index in [1.54, 1.807) is 12.1 Å². The van der Waals surface area contributed by atoms with Gasteiger partial charge >= 0.3 is 0 Å². The van der Waals surface area contributed by atoms with Crippen molar-refractivity contribution in [3.8, 4) is 0 Å². The van der Waals surface area contributed by atoms with Gasteiger partial charge in [0, 0.05) is 18.1 Å². The zero-order valence-electron chi connectivity index (χ0n) is 21.1. The third-order valence-electron chi connectivity index (χ3n) is 5.68. The number of hydrogen-bond acceptors (Lipinski definition) is 4. The maximum absolute atomic E-state index is 13.6. The Morgan fingerprint density at radius 2 is 1.74 bits per heavy atom. The lowest BCUT2D eigenvalue weighted by Crippen LogP contribution is -2.53. The maximum Gasteiger partial charge on any atom is 0.244 e. The molecule has 0 aromatic heterocycles. The number of carbonyl (C=O) groups excluding carboxylic acids is 2. The monoisotopic (exact) mass is 521 g/mol. The van der Waals surface area contributed by atoms with Crippen LogP contribution in [0, 0.1) is 12.8 Å². The molecule has 2 amide bonds. The van der Waals surface area contributed by atoms with Crippen LogP contribution in [0.5, 0.6) is 0 Å². The molecule has 1 atom stereocenters. The number of sulfonamides is 1. The van der Waals surface area contributed by atoms with E-state index in [9.17, 15) is 18.0 Å². The molecule has 0 aliphatic heterocycles. The molecule has 7 nitrogen and oxygen atoms in total. The molecule has 0 spiro atoms. The summed E-state index contributed by atoms with van der Waals surface area (Å²) in [6.07, 6.45) is 1.99. The van der Waals surface area contributed by atoms with E-state index in [1.165, 1.54) is 11.0 Å². The summed E-state index contributed by atoms with van der Waals surface area (Å²) in [6.45, 7) is 8.00. The molecule has 2 aromatic rings. The first-order chi connectivity index (χ1) is 16.4. The quantitative estimate of drug-likeness (QED) is 0.456. The summed E-state index contributed by atoms with van der Waals surface area (Å²) in [5, 5.41) is 3.32. The molecule has 0 heterocycles. The summed E-state index contributed by atoms with van der Waals surface area (Å²) in [4.78, 5) is 28.1. The van der Waals surface area contributed by atoms with Gasteiger partial charge in [-0.1, -0.05) is 68.8 Å². The van der Waals surface area contributed by atoms with Crippen LogP contribution in [0.1, 0.15) is 38.3 Å². The fraction of sp³-hybridized carbons (Fsp3) is 0.462. The van der Waals surface area contributed by atoms with Gasteiger partial charge in [0.2, 0.25) is 21.8 Å². The molecule has 0 aliphatic carbocycles. The van der Waals surface area contributed by atoms with Crippen molar-refractivity contribution in [2.75, 3.05) is 30.2 Å². The molecule has 0 saturated carbocycles. The highest BCUT2D eigenvalue weighted by molar-refractivity contribution is 7.92. The highest BCUT2D eigenvalue weighted by Gasteiger charge is 2.31. The molecule has 0 aliphatic rings. The van der Waals surface area contributed by atoms with E-state index in [-0.39, 0.29) is 18.4 Å². The minimum absolute atomic E-state index is 0.244. The number of carbonyl (C=O) groups is 2. The first kappa shape index (κ1) is 28.7. The Balaban J connectivity index is 2.36. The first-order valence-corrected chi connectivity index (χ1v) is 14.0. The first-order valence-electron chi connectivity index (χ1n) is 11.8. The normalized spacial score (nSPS) is 12.3. The zero-order chi connectivity index (χ0) is 26.2. The van der Waals surface area contributed by atoms with Crippen LogP contribution in [-0.4, -0.2) is 57.1 Å². The van der Waals surface area contributed by atoms with Crippen LogP contribution in [0.25, 0.3) is 0 Å². The molecule has 2 rings (SSSR count). The molecule has 1 N–H and O–H groups in total. The van der Waals surface area contributed by atoms with Crippen LogP contribution in [0.4, 0.5) is 5.69 Å². The molecule has 0 radical (unpaired) electrons. The van der Waals surface area contributed by atoms with Crippen LogP contribution in [0.3, 0.4) is 0 Å². The van der Waals surface area contributed by atoms with Gasteiger partial charge < -0.3 is 10.2 Å². The number of nitrogens with zero attached hydrogens (tertiary/aromatic N) is 2. The van der Waals surface area contributed by atoms with Crippen molar-refractivity contribution in [1.29, 1.82) is 0 Å². The van der Waals surface area contributed by atoms with Gasteiger partial charge in [0.1, 0.15) is 12.6 Å². The van der Waals surface area contributed by atoms with Gasteiger partial charge in [-0.3, -0.25) is 13.9 Å². The summed E-state index contributed by atoms with van der Waals surface area (Å²) >= 11 is 6.23. The zero-order valence-corrected chi connectivity index (χ0v) is 22.7. The third-order valence-corrected chi connectivity index (χ3v) is 7.23. The number of rotatable bonds is 12. The van der Waals surface area contributed by atoms with Crippen molar-refractivity contribution in [2.24, 2.45) is 5.92 Å². The van der Waals surface area contributed by atoms with E-state index < -0.39 is 28.5 Å². The Hall–Kier alpha value is -2.58. The minimum atomic E-state index is -3.79. The van der Waals surface area contributed by atoms with E-state index >= 15 is 0 Å². The Labute approximate surface area is 214 Å². The Kier molecular flexibility index (Phi) is 10.6. The standard InChI is InChI=1S/C26H36ClN3O4S/c1-6-24(26(32)28-17-19(2)3)29(15-14-21-10-8-7-9-11-21)25(31)18-30(35(5,33)34)22-13-12-20(4)23(27)16-22/h7-13,16,19,24H,6,14-15,17-18H2,1-5H3,(H,28,32). The molecule has 9 heteroatoms. The number of aryl methyl sites for hydroxylation is 1. The number of hydrogen-bond donors (Lipinski definition) is 1. The van der Waals surface area contributed by atoms with Crippen molar-refractivity contribution in [3.63, 3.8) is 0 Å². The summed E-state index contributed by atoms with van der Waals surface area (Å²) in [6, 6.07) is 13.8. The minimum Gasteiger partial charge on any atom is -0.354 e. The number of anilines is 1. The lowest BCUT2D eigenvalue weighted by Gasteiger charge is -2.33. The van der Waals surface area contributed by atoms with Crippen molar-refractivity contribution in [3.05, 3.63) is 64.7 Å². The molecule has 35 heavy (non-hydrogen) atoms. The molecule has 1 unspecified atom stereocenters. The van der Waals surface area contributed by atoms with Gasteiger partial charge in [-0.2, -0.15) is 0 Å². The van der Waals surface area contributed by atoms with Gasteiger partial charge in [-0.05, 0) is 48.9 Å².